The van der Waals surface area contributed by atoms with E-state index in [0.717, 1.165) is 12.8 Å². The van der Waals surface area contributed by atoms with Crippen molar-refractivity contribution < 1.29 is 4.74 Å². The summed E-state index contributed by atoms with van der Waals surface area (Å²) in [6.45, 7) is 0.562. The minimum atomic E-state index is -0.0221. The molecule has 2 rings (SSSR count). The number of aryl methyl sites for hydroxylation is 1. The summed E-state index contributed by atoms with van der Waals surface area (Å²) in [4.78, 5) is 4.10. The van der Waals surface area contributed by atoms with E-state index in [9.17, 15) is 0 Å². The van der Waals surface area contributed by atoms with Gasteiger partial charge < -0.3 is 10.5 Å². The van der Waals surface area contributed by atoms with Gasteiger partial charge in [-0.25, -0.2) is 4.98 Å². The van der Waals surface area contributed by atoms with Gasteiger partial charge in [0.1, 0.15) is 5.84 Å². The van der Waals surface area contributed by atoms with Crippen LogP contribution in [0.25, 0.3) is 0 Å². The zero-order chi connectivity index (χ0) is 13.5. The predicted octanol–water partition coefficient (Wildman–Crippen LogP) is 2.38. The first-order chi connectivity index (χ1) is 9.27. The van der Waals surface area contributed by atoms with Crippen molar-refractivity contribution in [3.8, 4) is 5.88 Å². The van der Waals surface area contributed by atoms with E-state index >= 15 is 0 Å². The van der Waals surface area contributed by atoms with Crippen molar-refractivity contribution in [3.05, 3.63) is 59.8 Å². The second-order valence-corrected chi connectivity index (χ2v) is 4.21. The molecule has 0 spiro atoms. The van der Waals surface area contributed by atoms with E-state index in [4.69, 9.17) is 15.9 Å². The Morgan fingerprint density at radius 1 is 1.16 bits per heavy atom. The summed E-state index contributed by atoms with van der Waals surface area (Å²) >= 11 is 0. The highest BCUT2D eigenvalue weighted by Crippen LogP contribution is 2.13. The summed E-state index contributed by atoms with van der Waals surface area (Å²) in [7, 11) is 0. The molecule has 4 nitrogen and oxygen atoms in total. The van der Waals surface area contributed by atoms with Gasteiger partial charge in [-0.1, -0.05) is 30.3 Å². The van der Waals surface area contributed by atoms with Gasteiger partial charge in [-0.15, -0.1) is 0 Å². The van der Waals surface area contributed by atoms with Crippen molar-refractivity contribution in [2.75, 3.05) is 6.61 Å². The molecule has 2 aromatic rings. The Balaban J connectivity index is 1.85. The molecule has 1 aromatic carbocycles. The van der Waals surface area contributed by atoms with Crippen LogP contribution in [0.3, 0.4) is 0 Å². The Hall–Kier alpha value is -2.36. The number of benzene rings is 1. The molecule has 0 saturated carbocycles. The molecule has 0 aliphatic rings. The van der Waals surface area contributed by atoms with Crippen LogP contribution in [0.4, 0.5) is 0 Å². The van der Waals surface area contributed by atoms with Gasteiger partial charge in [-0.3, -0.25) is 5.41 Å². The van der Waals surface area contributed by atoms with Crippen LogP contribution < -0.4 is 10.5 Å². The highest BCUT2D eigenvalue weighted by Gasteiger charge is 2.06. The standard InChI is InChI=1S/C15H17N3O/c16-14(17)13-9-4-10-18-15(13)19-11-5-8-12-6-2-1-3-7-12/h1-4,6-7,9-10H,5,8,11H2,(H3,16,17). The molecule has 0 fully saturated rings. The van der Waals surface area contributed by atoms with E-state index in [1.54, 1.807) is 18.3 Å². The number of pyridine rings is 1. The van der Waals surface area contributed by atoms with Crippen LogP contribution >= 0.6 is 0 Å². The van der Waals surface area contributed by atoms with E-state index < -0.39 is 0 Å². The Labute approximate surface area is 112 Å². The number of ether oxygens (including phenoxy) is 1. The van der Waals surface area contributed by atoms with Gasteiger partial charge in [0.05, 0.1) is 12.2 Å². The number of nitrogens with two attached hydrogens (primary N) is 1. The van der Waals surface area contributed by atoms with Crippen molar-refractivity contribution >= 4 is 5.84 Å². The molecule has 0 atom stereocenters. The number of hydrogen-bond acceptors (Lipinski definition) is 3. The molecule has 0 amide bonds. The van der Waals surface area contributed by atoms with Gasteiger partial charge in [-0.2, -0.15) is 0 Å². The van der Waals surface area contributed by atoms with Crippen LogP contribution in [0, 0.1) is 5.41 Å². The predicted molar refractivity (Wildman–Crippen MR) is 75.5 cm³/mol. The lowest BCUT2D eigenvalue weighted by Gasteiger charge is -2.08. The van der Waals surface area contributed by atoms with Gasteiger partial charge >= 0.3 is 0 Å². The van der Waals surface area contributed by atoms with Crippen molar-refractivity contribution in [3.63, 3.8) is 0 Å². The summed E-state index contributed by atoms with van der Waals surface area (Å²) < 4.78 is 5.59. The van der Waals surface area contributed by atoms with Gasteiger partial charge in [-0.05, 0) is 30.5 Å². The topological polar surface area (TPSA) is 72.0 Å². The van der Waals surface area contributed by atoms with Crippen LogP contribution in [0.1, 0.15) is 17.5 Å². The molecular weight excluding hydrogens is 238 g/mol. The van der Waals surface area contributed by atoms with E-state index in [-0.39, 0.29) is 5.84 Å². The molecule has 0 bridgehead atoms. The zero-order valence-electron chi connectivity index (χ0n) is 10.7. The first-order valence-electron chi connectivity index (χ1n) is 6.23. The molecule has 19 heavy (non-hydrogen) atoms. The Bertz CT molecular complexity index is 540. The summed E-state index contributed by atoms with van der Waals surface area (Å²) in [5.41, 5.74) is 7.31. The number of amidine groups is 1. The maximum atomic E-state index is 7.45. The van der Waals surface area contributed by atoms with Gasteiger partial charge in [0.15, 0.2) is 0 Å². The Morgan fingerprint density at radius 2 is 1.95 bits per heavy atom. The smallest absolute Gasteiger partial charge is 0.224 e. The van der Waals surface area contributed by atoms with Crippen LogP contribution in [-0.2, 0) is 6.42 Å². The maximum Gasteiger partial charge on any atom is 0.224 e. The number of nitrogens with zero attached hydrogens (tertiary/aromatic N) is 1. The van der Waals surface area contributed by atoms with Crippen molar-refractivity contribution in [1.82, 2.24) is 4.98 Å². The number of rotatable bonds is 6. The summed E-state index contributed by atoms with van der Waals surface area (Å²) in [6.07, 6.45) is 3.50. The minimum Gasteiger partial charge on any atom is -0.477 e. The molecule has 1 heterocycles. The quantitative estimate of drug-likeness (QED) is 0.473. The molecule has 0 saturated heterocycles. The number of aromatic nitrogens is 1. The SMILES string of the molecule is N=C(N)c1cccnc1OCCCc1ccccc1. The molecule has 0 aliphatic heterocycles. The average Bonchev–Trinajstić information content (AvgIpc) is 2.45. The molecule has 0 radical (unpaired) electrons. The first kappa shape index (κ1) is 13.1. The lowest BCUT2D eigenvalue weighted by Crippen LogP contribution is -2.14. The normalized spacial score (nSPS) is 10.1. The van der Waals surface area contributed by atoms with Crippen LogP contribution in [0.15, 0.2) is 48.7 Å². The maximum absolute atomic E-state index is 7.45. The van der Waals surface area contributed by atoms with Crippen LogP contribution in [-0.4, -0.2) is 17.4 Å². The molecule has 4 heteroatoms. The lowest BCUT2D eigenvalue weighted by atomic mass is 10.1. The second-order valence-electron chi connectivity index (χ2n) is 4.21. The van der Waals surface area contributed by atoms with E-state index in [0.29, 0.717) is 18.1 Å². The average molecular weight is 255 g/mol. The fourth-order valence-electron chi connectivity index (χ4n) is 1.80. The molecular formula is C15H17N3O. The fraction of sp³-hybridized carbons (Fsp3) is 0.200. The molecule has 1 aromatic heterocycles. The van der Waals surface area contributed by atoms with E-state index in [1.165, 1.54) is 5.56 Å². The fourth-order valence-corrected chi connectivity index (χ4v) is 1.80. The van der Waals surface area contributed by atoms with Gasteiger partial charge in [0, 0.05) is 6.20 Å². The molecule has 0 aliphatic carbocycles. The first-order valence-corrected chi connectivity index (χ1v) is 6.23. The monoisotopic (exact) mass is 255 g/mol. The number of nitrogen functional groups attached to an aromatic ring is 1. The third-order valence-corrected chi connectivity index (χ3v) is 2.75. The highest BCUT2D eigenvalue weighted by molar-refractivity contribution is 5.96. The Morgan fingerprint density at radius 3 is 2.68 bits per heavy atom. The molecule has 3 N–H and O–H groups in total. The van der Waals surface area contributed by atoms with Crippen molar-refractivity contribution in [2.24, 2.45) is 5.73 Å². The van der Waals surface area contributed by atoms with E-state index in [1.807, 2.05) is 18.2 Å². The molecule has 0 unspecified atom stereocenters. The third kappa shape index (κ3) is 3.81. The third-order valence-electron chi connectivity index (χ3n) is 2.75. The zero-order valence-corrected chi connectivity index (χ0v) is 10.7. The highest BCUT2D eigenvalue weighted by atomic mass is 16.5. The number of nitrogens with one attached hydrogen (secondary N) is 1. The van der Waals surface area contributed by atoms with Gasteiger partial charge in [0.2, 0.25) is 5.88 Å². The summed E-state index contributed by atoms with van der Waals surface area (Å²) in [5, 5.41) is 7.45. The van der Waals surface area contributed by atoms with Crippen LogP contribution in [0.2, 0.25) is 0 Å². The summed E-state index contributed by atoms with van der Waals surface area (Å²) in [5.74, 6) is 0.411. The van der Waals surface area contributed by atoms with Crippen molar-refractivity contribution in [1.29, 1.82) is 5.41 Å². The number of hydrogen-bond donors (Lipinski definition) is 2. The largest absolute Gasteiger partial charge is 0.477 e. The Kier molecular flexibility index (Phi) is 4.50. The minimum absolute atomic E-state index is 0.0221. The lowest BCUT2D eigenvalue weighted by molar-refractivity contribution is 0.298. The van der Waals surface area contributed by atoms with E-state index in [2.05, 4.69) is 17.1 Å². The van der Waals surface area contributed by atoms with Crippen LogP contribution in [0.5, 0.6) is 5.88 Å². The second kappa shape index (κ2) is 6.54. The van der Waals surface area contributed by atoms with Crippen molar-refractivity contribution in [2.45, 2.75) is 12.8 Å². The summed E-state index contributed by atoms with van der Waals surface area (Å²) in [6, 6.07) is 13.7. The molecule has 98 valence electrons. The van der Waals surface area contributed by atoms with Gasteiger partial charge in [0.25, 0.3) is 0 Å².